The first kappa shape index (κ1) is 14.6. The molecule has 2 unspecified atom stereocenters. The fourth-order valence-electron chi connectivity index (χ4n) is 3.04. The van der Waals surface area contributed by atoms with Crippen LogP contribution in [0.25, 0.3) is 0 Å². The molecule has 0 saturated carbocycles. The Morgan fingerprint density at radius 1 is 1.30 bits per heavy atom. The molecule has 2 saturated heterocycles. The normalized spacial score (nSPS) is 26.7. The molecule has 20 heavy (non-hydrogen) atoms. The molecule has 1 aromatic rings. The van der Waals surface area contributed by atoms with Gasteiger partial charge in [0, 0.05) is 25.7 Å². The van der Waals surface area contributed by atoms with Crippen LogP contribution in [0.4, 0.5) is 0 Å². The lowest BCUT2D eigenvalue weighted by Gasteiger charge is -2.35. The highest BCUT2D eigenvalue weighted by Crippen LogP contribution is 2.23. The highest BCUT2D eigenvalue weighted by atomic mass is 35.5. The van der Waals surface area contributed by atoms with E-state index in [4.69, 9.17) is 27.9 Å². The van der Waals surface area contributed by atoms with E-state index in [0.717, 1.165) is 31.8 Å². The molecule has 0 bridgehead atoms. The molecular weight excluding hydrogens is 295 g/mol. The standard InChI is InChI=1S/C15H20Cl2N2O/c16-14-4-3-11(6-15(14)17)7-18-8-13-9-19-5-1-2-12(19)10-20-13/h3-4,6,12-13,18H,1-2,5,7-10H2. The molecule has 5 heteroatoms. The molecular formula is C15H20Cl2N2O. The summed E-state index contributed by atoms with van der Waals surface area (Å²) in [4.78, 5) is 2.56. The third-order valence-electron chi connectivity index (χ3n) is 4.15. The topological polar surface area (TPSA) is 24.5 Å². The summed E-state index contributed by atoms with van der Waals surface area (Å²) in [5, 5.41) is 4.66. The maximum Gasteiger partial charge on any atom is 0.0827 e. The Kier molecular flexibility index (Phi) is 4.84. The molecule has 1 aromatic carbocycles. The number of nitrogens with zero attached hydrogens (tertiary/aromatic N) is 1. The van der Waals surface area contributed by atoms with Crippen LogP contribution in [-0.2, 0) is 11.3 Å². The molecule has 3 nitrogen and oxygen atoms in total. The van der Waals surface area contributed by atoms with E-state index in [2.05, 4.69) is 10.2 Å². The molecule has 2 fully saturated rings. The zero-order chi connectivity index (χ0) is 13.9. The van der Waals surface area contributed by atoms with Gasteiger partial charge in [0.25, 0.3) is 0 Å². The van der Waals surface area contributed by atoms with E-state index in [1.165, 1.54) is 19.4 Å². The predicted octanol–water partition coefficient (Wildman–Crippen LogP) is 2.95. The molecule has 0 aromatic heterocycles. The second-order valence-electron chi connectivity index (χ2n) is 5.63. The summed E-state index contributed by atoms with van der Waals surface area (Å²) in [6, 6.07) is 6.42. The minimum Gasteiger partial charge on any atom is -0.374 e. The first-order valence-corrected chi connectivity index (χ1v) is 7.98. The van der Waals surface area contributed by atoms with Crippen molar-refractivity contribution in [3.63, 3.8) is 0 Å². The van der Waals surface area contributed by atoms with E-state index < -0.39 is 0 Å². The van der Waals surface area contributed by atoms with E-state index in [1.54, 1.807) is 0 Å². The highest BCUT2D eigenvalue weighted by molar-refractivity contribution is 6.42. The lowest BCUT2D eigenvalue weighted by molar-refractivity contribution is -0.0470. The number of halogens is 2. The van der Waals surface area contributed by atoms with Crippen molar-refractivity contribution < 1.29 is 4.74 Å². The van der Waals surface area contributed by atoms with Crippen molar-refractivity contribution in [1.82, 2.24) is 10.2 Å². The Hall–Kier alpha value is -0.320. The summed E-state index contributed by atoms with van der Waals surface area (Å²) in [5.74, 6) is 0. The van der Waals surface area contributed by atoms with Crippen molar-refractivity contribution >= 4 is 23.2 Å². The van der Waals surface area contributed by atoms with Gasteiger partial charge in [0.05, 0.1) is 22.8 Å². The molecule has 1 N–H and O–H groups in total. The lowest BCUT2D eigenvalue weighted by Crippen LogP contribution is -2.49. The molecule has 0 spiro atoms. The van der Waals surface area contributed by atoms with Crippen molar-refractivity contribution in [2.45, 2.75) is 31.5 Å². The summed E-state index contributed by atoms with van der Waals surface area (Å²) >= 11 is 11.9. The van der Waals surface area contributed by atoms with Gasteiger partial charge in [-0.3, -0.25) is 4.90 Å². The Balaban J connectivity index is 1.44. The van der Waals surface area contributed by atoms with Gasteiger partial charge in [0.15, 0.2) is 0 Å². The van der Waals surface area contributed by atoms with E-state index in [1.807, 2.05) is 18.2 Å². The van der Waals surface area contributed by atoms with Gasteiger partial charge in [-0.15, -0.1) is 0 Å². The number of rotatable bonds is 4. The summed E-state index contributed by atoms with van der Waals surface area (Å²) in [5.41, 5.74) is 1.15. The SMILES string of the molecule is Clc1ccc(CNCC2CN3CCCC3CO2)cc1Cl. The molecule has 2 aliphatic rings. The van der Waals surface area contributed by atoms with Crippen LogP contribution >= 0.6 is 23.2 Å². The van der Waals surface area contributed by atoms with Crippen LogP contribution in [-0.4, -0.2) is 43.3 Å². The van der Waals surface area contributed by atoms with Gasteiger partial charge in [0.1, 0.15) is 0 Å². The van der Waals surface area contributed by atoms with Crippen LogP contribution in [0.2, 0.25) is 10.0 Å². The summed E-state index contributed by atoms with van der Waals surface area (Å²) in [7, 11) is 0. The zero-order valence-corrected chi connectivity index (χ0v) is 13.0. The van der Waals surface area contributed by atoms with E-state index in [0.29, 0.717) is 22.2 Å². The fraction of sp³-hybridized carbons (Fsp3) is 0.600. The number of hydrogen-bond donors (Lipinski definition) is 1. The first-order chi connectivity index (χ1) is 9.72. The third kappa shape index (κ3) is 3.46. The Labute approximate surface area is 130 Å². The summed E-state index contributed by atoms with van der Waals surface area (Å²) < 4.78 is 5.92. The van der Waals surface area contributed by atoms with Gasteiger partial charge in [0.2, 0.25) is 0 Å². The fourth-order valence-corrected chi connectivity index (χ4v) is 3.36. The monoisotopic (exact) mass is 314 g/mol. The Bertz CT molecular complexity index is 469. The Morgan fingerprint density at radius 3 is 3.05 bits per heavy atom. The molecule has 0 aliphatic carbocycles. The van der Waals surface area contributed by atoms with E-state index >= 15 is 0 Å². The van der Waals surface area contributed by atoms with Gasteiger partial charge in [-0.05, 0) is 37.1 Å². The largest absolute Gasteiger partial charge is 0.374 e. The van der Waals surface area contributed by atoms with Crippen molar-refractivity contribution in [3.05, 3.63) is 33.8 Å². The molecule has 2 aliphatic heterocycles. The van der Waals surface area contributed by atoms with Gasteiger partial charge < -0.3 is 10.1 Å². The van der Waals surface area contributed by atoms with Crippen molar-refractivity contribution in [2.75, 3.05) is 26.2 Å². The molecule has 0 radical (unpaired) electrons. The number of benzene rings is 1. The zero-order valence-electron chi connectivity index (χ0n) is 11.4. The highest BCUT2D eigenvalue weighted by Gasteiger charge is 2.31. The lowest BCUT2D eigenvalue weighted by atomic mass is 10.2. The predicted molar refractivity (Wildman–Crippen MR) is 82.5 cm³/mol. The second kappa shape index (κ2) is 6.63. The van der Waals surface area contributed by atoms with Gasteiger partial charge in [-0.25, -0.2) is 0 Å². The van der Waals surface area contributed by atoms with E-state index in [9.17, 15) is 0 Å². The van der Waals surface area contributed by atoms with Crippen molar-refractivity contribution in [2.24, 2.45) is 0 Å². The van der Waals surface area contributed by atoms with Crippen LogP contribution in [0.15, 0.2) is 18.2 Å². The number of fused-ring (bicyclic) bond motifs is 1. The van der Waals surface area contributed by atoms with E-state index in [-0.39, 0.29) is 0 Å². The molecule has 2 heterocycles. The maximum absolute atomic E-state index is 6.01. The van der Waals surface area contributed by atoms with Crippen molar-refractivity contribution in [1.29, 1.82) is 0 Å². The molecule has 3 rings (SSSR count). The summed E-state index contributed by atoms with van der Waals surface area (Å²) in [6.07, 6.45) is 2.91. The average Bonchev–Trinajstić information content (AvgIpc) is 2.90. The average molecular weight is 315 g/mol. The second-order valence-corrected chi connectivity index (χ2v) is 6.44. The molecule has 110 valence electrons. The van der Waals surface area contributed by atoms with Crippen molar-refractivity contribution in [3.8, 4) is 0 Å². The van der Waals surface area contributed by atoms with Gasteiger partial charge in [-0.2, -0.15) is 0 Å². The first-order valence-electron chi connectivity index (χ1n) is 7.22. The minimum absolute atomic E-state index is 0.298. The smallest absolute Gasteiger partial charge is 0.0827 e. The van der Waals surface area contributed by atoms with Crippen LogP contribution in [0.1, 0.15) is 18.4 Å². The van der Waals surface area contributed by atoms with Crippen LogP contribution in [0.3, 0.4) is 0 Å². The van der Waals surface area contributed by atoms with Gasteiger partial charge in [-0.1, -0.05) is 29.3 Å². The van der Waals surface area contributed by atoms with Crippen LogP contribution in [0, 0.1) is 0 Å². The Morgan fingerprint density at radius 2 is 2.20 bits per heavy atom. The number of hydrogen-bond acceptors (Lipinski definition) is 3. The quantitative estimate of drug-likeness (QED) is 0.924. The number of morpholine rings is 1. The maximum atomic E-state index is 6.01. The van der Waals surface area contributed by atoms with Crippen LogP contribution < -0.4 is 5.32 Å². The number of ether oxygens (including phenoxy) is 1. The number of nitrogens with one attached hydrogen (secondary N) is 1. The van der Waals surface area contributed by atoms with Gasteiger partial charge >= 0.3 is 0 Å². The third-order valence-corrected chi connectivity index (χ3v) is 4.89. The van der Waals surface area contributed by atoms with Crippen LogP contribution in [0.5, 0.6) is 0 Å². The molecule has 2 atom stereocenters. The molecule has 0 amide bonds. The summed E-state index contributed by atoms with van der Waals surface area (Å²) in [6.45, 7) is 4.85. The minimum atomic E-state index is 0.298.